The maximum absolute atomic E-state index is 6.86. The lowest BCUT2D eigenvalue weighted by atomic mass is 9.49. The van der Waals surface area contributed by atoms with Crippen LogP contribution in [0.5, 0.6) is 0 Å². The molecule has 0 aromatic rings. The predicted octanol–water partition coefficient (Wildman–Crippen LogP) is 4.60. The lowest BCUT2D eigenvalue weighted by Gasteiger charge is -2.57. The molecule has 5 fully saturated rings. The minimum Gasteiger partial charge on any atom is -0.327 e. The summed E-state index contributed by atoms with van der Waals surface area (Å²) in [5, 5.41) is 0. The summed E-state index contributed by atoms with van der Waals surface area (Å²) in [7, 11) is 0. The van der Waals surface area contributed by atoms with Crippen LogP contribution in [0, 0.1) is 40.9 Å². The Morgan fingerprint density at radius 3 is 1.85 bits per heavy atom. The molecule has 5 aliphatic rings. The Bertz CT molecular complexity index is 334. The summed E-state index contributed by atoms with van der Waals surface area (Å²) in [4.78, 5) is 0. The van der Waals surface area contributed by atoms with Crippen LogP contribution < -0.4 is 5.73 Å². The third-order valence-corrected chi connectivity index (χ3v) is 7.67. The van der Waals surface area contributed by atoms with E-state index in [1.165, 1.54) is 51.4 Å². The predicted molar refractivity (Wildman–Crippen MR) is 84.2 cm³/mol. The van der Waals surface area contributed by atoms with Gasteiger partial charge in [0.25, 0.3) is 0 Å². The number of nitrogens with two attached hydrogens (primary N) is 1. The van der Waals surface area contributed by atoms with E-state index in [4.69, 9.17) is 5.73 Å². The van der Waals surface area contributed by atoms with Crippen molar-refractivity contribution in [2.24, 2.45) is 46.7 Å². The Morgan fingerprint density at radius 2 is 1.35 bits per heavy atom. The standard InChI is InChI=1S/C19H33N/c1-19(2)5-3-14(4-6-19)18(20)17-15-8-12-7-13(10-15)11-16(17)9-12/h12-18H,3-11,20H2,1-2H3. The molecule has 1 unspecified atom stereocenters. The van der Waals surface area contributed by atoms with Crippen LogP contribution in [0.15, 0.2) is 0 Å². The first-order valence-corrected chi connectivity index (χ1v) is 9.27. The van der Waals surface area contributed by atoms with Gasteiger partial charge in [0.15, 0.2) is 0 Å². The molecule has 0 aliphatic heterocycles. The van der Waals surface area contributed by atoms with Gasteiger partial charge in [0.1, 0.15) is 0 Å². The fourth-order valence-electron chi connectivity index (χ4n) is 6.72. The summed E-state index contributed by atoms with van der Waals surface area (Å²) < 4.78 is 0. The van der Waals surface area contributed by atoms with Gasteiger partial charge in [0.2, 0.25) is 0 Å². The third-order valence-electron chi connectivity index (χ3n) is 7.67. The largest absolute Gasteiger partial charge is 0.327 e. The van der Waals surface area contributed by atoms with Crippen LogP contribution in [0.2, 0.25) is 0 Å². The van der Waals surface area contributed by atoms with Crippen molar-refractivity contribution in [3.05, 3.63) is 0 Å². The zero-order chi connectivity index (χ0) is 13.9. The fraction of sp³-hybridized carbons (Fsp3) is 1.00. The molecular formula is C19H33N. The normalized spacial score (nSPS) is 48.5. The minimum absolute atomic E-state index is 0.529. The smallest absolute Gasteiger partial charge is 0.0101 e. The highest BCUT2D eigenvalue weighted by atomic mass is 14.7. The van der Waals surface area contributed by atoms with Crippen LogP contribution in [0.3, 0.4) is 0 Å². The van der Waals surface area contributed by atoms with Gasteiger partial charge in [-0.3, -0.25) is 0 Å². The van der Waals surface area contributed by atoms with Crippen molar-refractivity contribution in [2.75, 3.05) is 0 Å². The van der Waals surface area contributed by atoms with E-state index in [-0.39, 0.29) is 0 Å². The lowest BCUT2D eigenvalue weighted by molar-refractivity contribution is -0.0584. The molecule has 1 nitrogen and oxygen atoms in total. The van der Waals surface area contributed by atoms with Gasteiger partial charge in [-0.05, 0) is 98.7 Å². The van der Waals surface area contributed by atoms with E-state index in [1.54, 1.807) is 6.42 Å². The molecule has 0 amide bonds. The van der Waals surface area contributed by atoms with Gasteiger partial charge in [-0.2, -0.15) is 0 Å². The maximum Gasteiger partial charge on any atom is 0.0101 e. The molecule has 5 rings (SSSR count). The molecular weight excluding hydrogens is 242 g/mol. The highest BCUT2D eigenvalue weighted by Gasteiger charge is 2.51. The molecule has 0 aromatic heterocycles. The van der Waals surface area contributed by atoms with Crippen LogP contribution in [0.1, 0.15) is 71.6 Å². The van der Waals surface area contributed by atoms with Crippen LogP contribution in [0.4, 0.5) is 0 Å². The Hall–Kier alpha value is -0.0400. The molecule has 5 saturated carbocycles. The van der Waals surface area contributed by atoms with E-state index in [9.17, 15) is 0 Å². The van der Waals surface area contributed by atoms with E-state index in [0.717, 1.165) is 35.5 Å². The van der Waals surface area contributed by atoms with Crippen molar-refractivity contribution in [1.82, 2.24) is 0 Å². The van der Waals surface area contributed by atoms with Crippen molar-refractivity contribution in [3.8, 4) is 0 Å². The third kappa shape index (κ3) is 2.25. The summed E-state index contributed by atoms with van der Waals surface area (Å²) in [5.41, 5.74) is 7.45. The SMILES string of the molecule is CC1(C)CCC(C(N)C2C3CC4CC(C3)CC2C4)CC1. The Morgan fingerprint density at radius 1 is 0.850 bits per heavy atom. The Labute approximate surface area is 125 Å². The van der Waals surface area contributed by atoms with Crippen molar-refractivity contribution in [3.63, 3.8) is 0 Å². The van der Waals surface area contributed by atoms with E-state index in [1.807, 2.05) is 0 Å². The summed E-state index contributed by atoms with van der Waals surface area (Å²) in [6.45, 7) is 4.88. The van der Waals surface area contributed by atoms with Gasteiger partial charge >= 0.3 is 0 Å². The van der Waals surface area contributed by atoms with Gasteiger partial charge in [-0.15, -0.1) is 0 Å². The first-order valence-electron chi connectivity index (χ1n) is 9.27. The van der Waals surface area contributed by atoms with Crippen molar-refractivity contribution >= 4 is 0 Å². The number of hydrogen-bond donors (Lipinski definition) is 1. The molecule has 114 valence electrons. The molecule has 0 spiro atoms. The van der Waals surface area contributed by atoms with E-state index in [0.29, 0.717) is 11.5 Å². The van der Waals surface area contributed by atoms with E-state index >= 15 is 0 Å². The zero-order valence-corrected chi connectivity index (χ0v) is 13.5. The molecule has 0 saturated heterocycles. The Kier molecular flexibility index (Phi) is 3.22. The maximum atomic E-state index is 6.86. The molecule has 2 N–H and O–H groups in total. The Balaban J connectivity index is 1.45. The van der Waals surface area contributed by atoms with Gasteiger partial charge in [0, 0.05) is 6.04 Å². The molecule has 0 aromatic carbocycles. The number of rotatable bonds is 2. The average Bonchev–Trinajstić information content (AvgIpc) is 2.37. The summed E-state index contributed by atoms with van der Waals surface area (Å²) in [6.07, 6.45) is 13.3. The summed E-state index contributed by atoms with van der Waals surface area (Å²) in [5.74, 6) is 5.93. The second kappa shape index (κ2) is 4.73. The highest BCUT2D eigenvalue weighted by Crippen LogP contribution is 2.58. The first kappa shape index (κ1) is 13.6. The minimum atomic E-state index is 0.529. The van der Waals surface area contributed by atoms with Crippen molar-refractivity contribution in [2.45, 2.75) is 77.7 Å². The van der Waals surface area contributed by atoms with Crippen LogP contribution in [0.25, 0.3) is 0 Å². The van der Waals surface area contributed by atoms with Crippen molar-refractivity contribution < 1.29 is 0 Å². The lowest BCUT2D eigenvalue weighted by Crippen LogP contribution is -2.54. The monoisotopic (exact) mass is 275 g/mol. The number of hydrogen-bond acceptors (Lipinski definition) is 1. The second-order valence-corrected chi connectivity index (χ2v) is 9.59. The molecule has 1 heteroatoms. The van der Waals surface area contributed by atoms with Crippen LogP contribution in [-0.2, 0) is 0 Å². The van der Waals surface area contributed by atoms with E-state index < -0.39 is 0 Å². The fourth-order valence-corrected chi connectivity index (χ4v) is 6.72. The van der Waals surface area contributed by atoms with Crippen molar-refractivity contribution in [1.29, 1.82) is 0 Å². The van der Waals surface area contributed by atoms with Gasteiger partial charge < -0.3 is 5.73 Å². The molecule has 1 atom stereocenters. The topological polar surface area (TPSA) is 26.0 Å². The highest BCUT2D eigenvalue weighted by molar-refractivity contribution is 5.02. The zero-order valence-electron chi connectivity index (χ0n) is 13.5. The quantitative estimate of drug-likeness (QED) is 0.783. The molecule has 0 radical (unpaired) electrons. The van der Waals surface area contributed by atoms with E-state index in [2.05, 4.69) is 13.8 Å². The van der Waals surface area contributed by atoms with Gasteiger partial charge in [0.05, 0.1) is 0 Å². The van der Waals surface area contributed by atoms with Crippen LogP contribution in [-0.4, -0.2) is 6.04 Å². The van der Waals surface area contributed by atoms with Gasteiger partial charge in [-0.25, -0.2) is 0 Å². The molecule has 5 aliphatic carbocycles. The molecule has 0 heterocycles. The molecule has 4 bridgehead atoms. The van der Waals surface area contributed by atoms with Crippen LogP contribution >= 0.6 is 0 Å². The summed E-state index contributed by atoms with van der Waals surface area (Å²) >= 11 is 0. The first-order chi connectivity index (χ1) is 9.52. The average molecular weight is 275 g/mol. The summed E-state index contributed by atoms with van der Waals surface area (Å²) in [6, 6.07) is 0.529. The van der Waals surface area contributed by atoms with Gasteiger partial charge in [-0.1, -0.05) is 13.8 Å². The second-order valence-electron chi connectivity index (χ2n) is 9.59. The molecule has 20 heavy (non-hydrogen) atoms.